The second kappa shape index (κ2) is 9.21. The predicted octanol–water partition coefficient (Wildman–Crippen LogP) is 3.88. The summed E-state index contributed by atoms with van der Waals surface area (Å²) in [5.41, 5.74) is 3.02. The van der Waals surface area contributed by atoms with Gasteiger partial charge in [0, 0.05) is 29.0 Å². The minimum Gasteiger partial charge on any atom is -0.543 e. The van der Waals surface area contributed by atoms with E-state index in [1.54, 1.807) is 36.4 Å². The minimum absolute atomic E-state index is 0.0459. The summed E-state index contributed by atoms with van der Waals surface area (Å²) in [4.78, 5) is 12.4. The highest BCUT2D eigenvalue weighted by Crippen LogP contribution is 2.35. The Morgan fingerprint density at radius 1 is 0.939 bits per heavy atom. The fourth-order valence-electron chi connectivity index (χ4n) is 3.66. The molecular formula is C25H20ClN2O4S-. The number of aromatic nitrogens is 2. The van der Waals surface area contributed by atoms with Gasteiger partial charge in [-0.2, -0.15) is 5.10 Å². The average molecular weight is 480 g/mol. The van der Waals surface area contributed by atoms with E-state index in [1.807, 2.05) is 30.3 Å². The second-order valence-corrected chi connectivity index (χ2v) is 10.1. The van der Waals surface area contributed by atoms with Gasteiger partial charge in [0.25, 0.3) is 0 Å². The van der Waals surface area contributed by atoms with Crippen LogP contribution in [0.15, 0.2) is 83.8 Å². The number of hydrogen-bond acceptors (Lipinski definition) is 5. The Labute approximate surface area is 197 Å². The van der Waals surface area contributed by atoms with Crippen molar-refractivity contribution in [2.24, 2.45) is 0 Å². The van der Waals surface area contributed by atoms with Gasteiger partial charge in [-0.05, 0) is 41.8 Å². The summed E-state index contributed by atoms with van der Waals surface area (Å²) in [6.07, 6.45) is 1.71. The molecule has 0 aliphatic heterocycles. The molecule has 0 unspecified atom stereocenters. The Morgan fingerprint density at radius 2 is 1.55 bits per heavy atom. The van der Waals surface area contributed by atoms with Crippen molar-refractivity contribution in [1.29, 1.82) is 0 Å². The molecule has 6 nitrogen and oxygen atoms in total. The first-order valence-corrected chi connectivity index (χ1v) is 12.4. The zero-order chi connectivity index (χ0) is 23.6. The number of carbonyl (C=O) groups is 1. The fourth-order valence-corrected chi connectivity index (χ4v) is 4.42. The van der Waals surface area contributed by atoms with Gasteiger partial charge < -0.3 is 9.90 Å². The van der Waals surface area contributed by atoms with Crippen LogP contribution in [0.5, 0.6) is 0 Å². The number of sulfone groups is 1. The highest BCUT2D eigenvalue weighted by Gasteiger charge is 2.22. The van der Waals surface area contributed by atoms with Crippen molar-refractivity contribution in [2.45, 2.75) is 17.9 Å². The van der Waals surface area contributed by atoms with Crippen LogP contribution >= 0.6 is 11.6 Å². The zero-order valence-corrected chi connectivity index (χ0v) is 19.3. The first kappa shape index (κ1) is 22.8. The first-order chi connectivity index (χ1) is 15.7. The Hall–Kier alpha value is -3.42. The average Bonchev–Trinajstić information content (AvgIpc) is 3.18. The maximum Gasteiger partial charge on any atom is 0.175 e. The molecule has 3 aromatic carbocycles. The Kier molecular flexibility index (Phi) is 6.35. The van der Waals surface area contributed by atoms with E-state index in [-0.39, 0.29) is 10.6 Å². The van der Waals surface area contributed by atoms with Crippen LogP contribution in [-0.2, 0) is 22.8 Å². The highest BCUT2D eigenvalue weighted by molar-refractivity contribution is 7.90. The lowest BCUT2D eigenvalue weighted by Crippen LogP contribution is -2.27. The number of rotatable bonds is 7. The fraction of sp³-hybridized carbons (Fsp3) is 0.120. The normalized spacial score (nSPS) is 11.5. The quantitative estimate of drug-likeness (QED) is 0.401. The van der Waals surface area contributed by atoms with Gasteiger partial charge in [0.2, 0.25) is 0 Å². The molecule has 0 spiro atoms. The van der Waals surface area contributed by atoms with E-state index in [2.05, 4.69) is 5.10 Å². The van der Waals surface area contributed by atoms with E-state index in [1.165, 1.54) is 16.8 Å². The molecule has 0 aliphatic rings. The number of aryl methyl sites for hydroxylation is 2. The number of benzene rings is 3. The molecule has 0 saturated carbocycles. The molecule has 0 fully saturated rings. The topological polar surface area (TPSA) is 92.1 Å². The highest BCUT2D eigenvalue weighted by atomic mass is 35.5. The smallest absolute Gasteiger partial charge is 0.175 e. The molecule has 8 heteroatoms. The first-order valence-electron chi connectivity index (χ1n) is 10.2. The molecule has 0 aliphatic carbocycles. The third-order valence-electron chi connectivity index (χ3n) is 5.29. The molecule has 4 rings (SSSR count). The lowest BCUT2D eigenvalue weighted by molar-refractivity contribution is -0.255. The van der Waals surface area contributed by atoms with E-state index in [4.69, 9.17) is 11.6 Å². The van der Waals surface area contributed by atoms with E-state index >= 15 is 0 Å². The summed E-state index contributed by atoms with van der Waals surface area (Å²) in [6.45, 7) is 0.329. The molecular weight excluding hydrogens is 460 g/mol. The third-order valence-corrected chi connectivity index (χ3v) is 6.67. The van der Waals surface area contributed by atoms with Crippen molar-refractivity contribution in [1.82, 2.24) is 9.78 Å². The molecule has 0 saturated heterocycles. The van der Waals surface area contributed by atoms with Crippen molar-refractivity contribution in [3.05, 3.63) is 95.1 Å². The van der Waals surface area contributed by atoms with Crippen molar-refractivity contribution < 1.29 is 18.3 Å². The molecule has 0 radical (unpaired) electrons. The molecule has 33 heavy (non-hydrogen) atoms. The van der Waals surface area contributed by atoms with Crippen LogP contribution in [0, 0.1) is 0 Å². The van der Waals surface area contributed by atoms with Gasteiger partial charge in [-0.25, -0.2) is 8.42 Å². The van der Waals surface area contributed by atoms with E-state index in [0.29, 0.717) is 40.4 Å². The largest absolute Gasteiger partial charge is 0.543 e. The van der Waals surface area contributed by atoms with Gasteiger partial charge in [0.1, 0.15) is 5.69 Å². The van der Waals surface area contributed by atoms with Gasteiger partial charge in [-0.1, -0.05) is 66.2 Å². The number of hydrogen-bond donors (Lipinski definition) is 0. The minimum atomic E-state index is -3.37. The maximum absolute atomic E-state index is 12.2. The second-order valence-electron chi connectivity index (χ2n) is 7.62. The van der Waals surface area contributed by atoms with Crippen LogP contribution in [0.1, 0.15) is 16.1 Å². The Morgan fingerprint density at radius 3 is 2.12 bits per heavy atom. The third kappa shape index (κ3) is 4.99. The monoisotopic (exact) mass is 479 g/mol. The van der Waals surface area contributed by atoms with E-state index < -0.39 is 15.8 Å². The van der Waals surface area contributed by atoms with E-state index in [9.17, 15) is 18.3 Å². The van der Waals surface area contributed by atoms with Crippen LogP contribution in [0.2, 0.25) is 5.02 Å². The summed E-state index contributed by atoms with van der Waals surface area (Å²) in [6, 6.07) is 22.7. The lowest BCUT2D eigenvalue weighted by Gasteiger charge is -2.11. The molecule has 1 heterocycles. The maximum atomic E-state index is 12.2. The summed E-state index contributed by atoms with van der Waals surface area (Å²) in [7, 11) is -3.37. The van der Waals surface area contributed by atoms with Gasteiger partial charge >= 0.3 is 0 Å². The van der Waals surface area contributed by atoms with Crippen molar-refractivity contribution in [2.75, 3.05) is 6.26 Å². The Balaban J connectivity index is 1.86. The SMILES string of the molecule is CS(=O)(=O)c1ccc(-c2nn(CCc3ccccc3)c(C(=O)[O-])c2-c2ccc(Cl)cc2)cc1. The number of carbonyl (C=O) groups excluding carboxylic acids is 1. The van der Waals surface area contributed by atoms with Gasteiger partial charge in [0.15, 0.2) is 9.84 Å². The van der Waals surface area contributed by atoms with Crippen LogP contribution in [0.3, 0.4) is 0 Å². The van der Waals surface area contributed by atoms with Crippen molar-refractivity contribution >= 4 is 27.4 Å². The lowest BCUT2D eigenvalue weighted by atomic mass is 9.99. The number of nitrogens with zero attached hydrogens (tertiary/aromatic N) is 2. The standard InChI is InChI=1S/C25H21ClN2O4S/c1-33(31,32)21-13-9-19(10-14-21)23-22(18-7-11-20(26)12-8-18)24(25(29)30)28(27-23)16-15-17-5-3-2-4-6-17/h2-14H,15-16H2,1H3,(H,29,30)/p-1. The van der Waals surface area contributed by atoms with Gasteiger partial charge in [-0.15, -0.1) is 0 Å². The predicted molar refractivity (Wildman–Crippen MR) is 126 cm³/mol. The number of carboxylic acids is 1. The Bertz CT molecular complexity index is 1400. The molecule has 0 N–H and O–H groups in total. The molecule has 0 amide bonds. The number of aromatic carboxylic acids is 1. The summed E-state index contributed by atoms with van der Waals surface area (Å²) in [5.74, 6) is -1.35. The summed E-state index contributed by atoms with van der Waals surface area (Å²) in [5, 5.41) is 17.4. The van der Waals surface area contributed by atoms with Gasteiger partial charge in [0.05, 0.1) is 16.6 Å². The van der Waals surface area contributed by atoms with Crippen LogP contribution in [-0.4, -0.2) is 30.4 Å². The molecule has 168 valence electrons. The number of halogens is 1. The molecule has 4 aromatic rings. The zero-order valence-electron chi connectivity index (χ0n) is 17.7. The molecule has 1 aromatic heterocycles. The van der Waals surface area contributed by atoms with E-state index in [0.717, 1.165) is 11.8 Å². The van der Waals surface area contributed by atoms with Crippen LogP contribution in [0.4, 0.5) is 0 Å². The number of carboxylic acid groups (broad SMARTS) is 1. The molecule has 0 bridgehead atoms. The van der Waals surface area contributed by atoms with Crippen LogP contribution in [0.25, 0.3) is 22.4 Å². The van der Waals surface area contributed by atoms with Crippen molar-refractivity contribution in [3.63, 3.8) is 0 Å². The summed E-state index contributed by atoms with van der Waals surface area (Å²) >= 11 is 6.03. The van der Waals surface area contributed by atoms with Gasteiger partial charge in [-0.3, -0.25) is 4.68 Å². The van der Waals surface area contributed by atoms with Crippen molar-refractivity contribution in [3.8, 4) is 22.4 Å². The summed E-state index contributed by atoms with van der Waals surface area (Å²) < 4.78 is 25.1. The van der Waals surface area contributed by atoms with Crippen LogP contribution < -0.4 is 5.11 Å². The molecule has 0 atom stereocenters.